The largest absolute Gasteiger partial charge is 0.326 e. The SMILES string of the molecule is CC1CCC(C(N)Cc2ccccc2)(N(C)C)CC1. The van der Waals surface area contributed by atoms with Crippen molar-refractivity contribution in [2.45, 2.75) is 50.6 Å². The Hall–Kier alpha value is -0.860. The number of hydrogen-bond acceptors (Lipinski definition) is 2. The van der Waals surface area contributed by atoms with Crippen molar-refractivity contribution in [3.63, 3.8) is 0 Å². The third-order valence-corrected chi connectivity index (χ3v) is 5.02. The second-order valence-electron chi connectivity index (χ2n) is 6.48. The van der Waals surface area contributed by atoms with Gasteiger partial charge in [-0.2, -0.15) is 0 Å². The Labute approximate surface area is 118 Å². The average molecular weight is 260 g/mol. The third-order valence-electron chi connectivity index (χ3n) is 5.02. The van der Waals surface area contributed by atoms with Gasteiger partial charge < -0.3 is 10.6 Å². The van der Waals surface area contributed by atoms with E-state index in [1.54, 1.807) is 0 Å². The molecule has 0 amide bonds. The second kappa shape index (κ2) is 6.06. The number of benzene rings is 1. The van der Waals surface area contributed by atoms with Crippen molar-refractivity contribution < 1.29 is 0 Å². The van der Waals surface area contributed by atoms with E-state index in [0.29, 0.717) is 0 Å². The summed E-state index contributed by atoms with van der Waals surface area (Å²) in [6.45, 7) is 2.36. The summed E-state index contributed by atoms with van der Waals surface area (Å²) in [5, 5.41) is 0. The maximum atomic E-state index is 6.62. The van der Waals surface area contributed by atoms with Crippen molar-refractivity contribution in [2.75, 3.05) is 14.1 Å². The van der Waals surface area contributed by atoms with E-state index in [9.17, 15) is 0 Å². The van der Waals surface area contributed by atoms with Crippen LogP contribution in [0.1, 0.15) is 38.2 Å². The predicted molar refractivity (Wildman–Crippen MR) is 82.2 cm³/mol. The number of nitrogens with zero attached hydrogens (tertiary/aromatic N) is 1. The van der Waals surface area contributed by atoms with E-state index in [2.05, 4.69) is 56.3 Å². The molecule has 1 unspecified atom stereocenters. The lowest BCUT2D eigenvalue weighted by molar-refractivity contribution is 0.0568. The van der Waals surface area contributed by atoms with Gasteiger partial charge in [0, 0.05) is 11.6 Å². The maximum absolute atomic E-state index is 6.62. The molecule has 106 valence electrons. The van der Waals surface area contributed by atoms with Gasteiger partial charge in [-0.3, -0.25) is 0 Å². The molecule has 1 fully saturated rings. The van der Waals surface area contributed by atoms with Crippen molar-refractivity contribution >= 4 is 0 Å². The van der Waals surface area contributed by atoms with Crippen LogP contribution in [0.2, 0.25) is 0 Å². The smallest absolute Gasteiger partial charge is 0.0357 e. The molecule has 2 heteroatoms. The van der Waals surface area contributed by atoms with Crippen LogP contribution < -0.4 is 5.73 Å². The fourth-order valence-corrected chi connectivity index (χ4v) is 3.47. The Morgan fingerprint density at radius 3 is 2.32 bits per heavy atom. The first-order chi connectivity index (χ1) is 9.04. The first kappa shape index (κ1) is 14.5. The highest BCUT2D eigenvalue weighted by molar-refractivity contribution is 5.18. The molecular weight excluding hydrogens is 232 g/mol. The normalized spacial score (nSPS) is 29.4. The first-order valence-corrected chi connectivity index (χ1v) is 7.51. The van der Waals surface area contributed by atoms with Crippen LogP contribution >= 0.6 is 0 Å². The van der Waals surface area contributed by atoms with E-state index in [1.807, 2.05) is 0 Å². The van der Waals surface area contributed by atoms with Crippen LogP contribution in [0.25, 0.3) is 0 Å². The molecule has 19 heavy (non-hydrogen) atoms. The van der Waals surface area contributed by atoms with Gasteiger partial charge in [0.05, 0.1) is 0 Å². The average Bonchev–Trinajstić information content (AvgIpc) is 2.40. The van der Waals surface area contributed by atoms with Gasteiger partial charge in [-0.15, -0.1) is 0 Å². The minimum absolute atomic E-state index is 0.183. The highest BCUT2D eigenvalue weighted by Gasteiger charge is 2.41. The molecule has 1 atom stereocenters. The molecule has 0 heterocycles. The van der Waals surface area contributed by atoms with Crippen LogP contribution in [-0.4, -0.2) is 30.6 Å². The van der Waals surface area contributed by atoms with Gasteiger partial charge in [0.15, 0.2) is 0 Å². The van der Waals surface area contributed by atoms with Crippen molar-refractivity contribution in [1.29, 1.82) is 0 Å². The molecule has 2 nitrogen and oxygen atoms in total. The van der Waals surface area contributed by atoms with Gasteiger partial charge in [-0.1, -0.05) is 37.3 Å². The van der Waals surface area contributed by atoms with E-state index in [1.165, 1.54) is 31.2 Å². The van der Waals surface area contributed by atoms with Gasteiger partial charge in [0.2, 0.25) is 0 Å². The van der Waals surface area contributed by atoms with Crippen LogP contribution in [0.4, 0.5) is 0 Å². The molecular formula is C17H28N2. The lowest BCUT2D eigenvalue weighted by atomic mass is 9.71. The summed E-state index contributed by atoms with van der Waals surface area (Å²) in [5.74, 6) is 0.858. The highest BCUT2D eigenvalue weighted by Crippen LogP contribution is 2.37. The zero-order valence-corrected chi connectivity index (χ0v) is 12.6. The van der Waals surface area contributed by atoms with Gasteiger partial charge in [0.25, 0.3) is 0 Å². The van der Waals surface area contributed by atoms with Crippen molar-refractivity contribution in [3.05, 3.63) is 35.9 Å². The van der Waals surface area contributed by atoms with Gasteiger partial charge >= 0.3 is 0 Å². The minimum atomic E-state index is 0.183. The summed E-state index contributed by atoms with van der Waals surface area (Å²) < 4.78 is 0. The van der Waals surface area contributed by atoms with Crippen LogP contribution in [0.3, 0.4) is 0 Å². The Balaban J connectivity index is 2.11. The van der Waals surface area contributed by atoms with E-state index < -0.39 is 0 Å². The van der Waals surface area contributed by atoms with Gasteiger partial charge in [-0.25, -0.2) is 0 Å². The van der Waals surface area contributed by atoms with Crippen molar-refractivity contribution in [2.24, 2.45) is 11.7 Å². The zero-order valence-electron chi connectivity index (χ0n) is 12.6. The van der Waals surface area contributed by atoms with Crippen LogP contribution in [0.5, 0.6) is 0 Å². The molecule has 1 aliphatic carbocycles. The Bertz CT molecular complexity index is 378. The van der Waals surface area contributed by atoms with E-state index in [-0.39, 0.29) is 11.6 Å². The Kier molecular flexibility index (Phi) is 4.64. The Morgan fingerprint density at radius 2 is 1.79 bits per heavy atom. The highest BCUT2D eigenvalue weighted by atomic mass is 15.2. The summed E-state index contributed by atoms with van der Waals surface area (Å²) in [7, 11) is 4.39. The summed E-state index contributed by atoms with van der Waals surface area (Å²) in [4.78, 5) is 2.38. The van der Waals surface area contributed by atoms with E-state index >= 15 is 0 Å². The van der Waals surface area contributed by atoms with Gasteiger partial charge in [-0.05, 0) is 57.7 Å². The van der Waals surface area contributed by atoms with Crippen LogP contribution in [-0.2, 0) is 6.42 Å². The lowest BCUT2D eigenvalue weighted by Crippen LogP contribution is -2.59. The van der Waals surface area contributed by atoms with Crippen molar-refractivity contribution in [1.82, 2.24) is 4.90 Å². The molecule has 1 saturated carbocycles. The summed E-state index contributed by atoms with van der Waals surface area (Å²) in [6, 6.07) is 10.9. The predicted octanol–water partition coefficient (Wildman–Crippen LogP) is 3.07. The topological polar surface area (TPSA) is 29.3 Å². The first-order valence-electron chi connectivity index (χ1n) is 7.51. The molecule has 1 aromatic carbocycles. The van der Waals surface area contributed by atoms with Crippen LogP contribution in [0, 0.1) is 5.92 Å². The molecule has 2 N–H and O–H groups in total. The summed E-state index contributed by atoms with van der Waals surface area (Å²) >= 11 is 0. The molecule has 2 rings (SSSR count). The van der Waals surface area contributed by atoms with Crippen molar-refractivity contribution in [3.8, 4) is 0 Å². The molecule has 0 radical (unpaired) electrons. The summed E-state index contributed by atoms with van der Waals surface area (Å²) in [6.07, 6.45) is 6.05. The molecule has 1 aliphatic rings. The molecule has 0 aliphatic heterocycles. The van der Waals surface area contributed by atoms with Crippen LogP contribution in [0.15, 0.2) is 30.3 Å². The third kappa shape index (κ3) is 3.18. The molecule has 0 saturated heterocycles. The minimum Gasteiger partial charge on any atom is -0.326 e. The number of hydrogen-bond donors (Lipinski definition) is 1. The van der Waals surface area contributed by atoms with E-state index in [0.717, 1.165) is 12.3 Å². The zero-order chi connectivity index (χ0) is 13.9. The van der Waals surface area contributed by atoms with E-state index in [4.69, 9.17) is 5.73 Å². The summed E-state index contributed by atoms with van der Waals surface area (Å²) in [5.41, 5.74) is 8.16. The Morgan fingerprint density at radius 1 is 1.21 bits per heavy atom. The lowest BCUT2D eigenvalue weighted by Gasteiger charge is -2.48. The standard InChI is InChI=1S/C17H28N2/c1-14-9-11-17(12-10-14,19(2)3)16(18)13-15-7-5-4-6-8-15/h4-8,14,16H,9-13,18H2,1-3H3. The molecule has 0 aromatic heterocycles. The monoisotopic (exact) mass is 260 g/mol. The van der Waals surface area contributed by atoms with Gasteiger partial charge in [0.1, 0.15) is 0 Å². The maximum Gasteiger partial charge on any atom is 0.0357 e. The molecule has 0 spiro atoms. The number of nitrogens with two attached hydrogens (primary N) is 1. The molecule has 0 bridgehead atoms. The molecule has 1 aromatic rings. The number of rotatable bonds is 4. The fourth-order valence-electron chi connectivity index (χ4n) is 3.47. The fraction of sp³-hybridized carbons (Fsp3) is 0.647. The number of likely N-dealkylation sites (N-methyl/N-ethyl adjacent to an activating group) is 1. The second-order valence-corrected chi connectivity index (χ2v) is 6.48. The quantitative estimate of drug-likeness (QED) is 0.901.